The van der Waals surface area contributed by atoms with E-state index in [2.05, 4.69) is 69.8 Å². The van der Waals surface area contributed by atoms with Crippen molar-refractivity contribution in [3.8, 4) is 10.4 Å². The second kappa shape index (κ2) is 11.5. The molecule has 7 heteroatoms. The molecule has 2 fully saturated rings. The normalized spacial score (nSPS) is 18.1. The van der Waals surface area contributed by atoms with Crippen LogP contribution >= 0.6 is 23.3 Å². The first-order chi connectivity index (χ1) is 17.0. The van der Waals surface area contributed by atoms with Crippen molar-refractivity contribution in [2.75, 3.05) is 13.2 Å². The van der Waals surface area contributed by atoms with Crippen LogP contribution < -0.4 is 10.0 Å². The van der Waals surface area contributed by atoms with Crippen molar-refractivity contribution < 1.29 is 9.53 Å². The fraction of sp³-hybridized carbons (Fsp3) is 0.655. The zero-order valence-electron chi connectivity index (χ0n) is 22.8. The number of amides is 1. The van der Waals surface area contributed by atoms with Crippen LogP contribution in [0.1, 0.15) is 101 Å². The van der Waals surface area contributed by atoms with Crippen LogP contribution in [0.25, 0.3) is 10.4 Å². The van der Waals surface area contributed by atoms with Gasteiger partial charge >= 0.3 is 0 Å². The van der Waals surface area contributed by atoms with Crippen LogP contribution in [0.2, 0.25) is 0 Å². The molecule has 5 nitrogen and oxygen atoms in total. The van der Waals surface area contributed by atoms with E-state index in [0.29, 0.717) is 24.1 Å². The number of thiazole rings is 1. The highest BCUT2D eigenvalue weighted by Crippen LogP contribution is 2.40. The predicted molar refractivity (Wildman–Crippen MR) is 152 cm³/mol. The Morgan fingerprint density at radius 2 is 1.78 bits per heavy atom. The van der Waals surface area contributed by atoms with E-state index in [-0.39, 0.29) is 22.9 Å². The lowest BCUT2D eigenvalue weighted by Gasteiger charge is -2.26. The summed E-state index contributed by atoms with van der Waals surface area (Å²) in [4.78, 5) is 20.6. The molecule has 1 amide bonds. The largest absolute Gasteiger partial charge is 0.381 e. The fourth-order valence-corrected chi connectivity index (χ4v) is 6.96. The lowest BCUT2D eigenvalue weighted by molar-refractivity contribution is 0.0696. The number of ether oxygens (including phenoxy) is 1. The fourth-order valence-electron chi connectivity index (χ4n) is 4.94. The van der Waals surface area contributed by atoms with Gasteiger partial charge in [-0.2, -0.15) is 0 Å². The van der Waals surface area contributed by atoms with Gasteiger partial charge in [-0.15, -0.1) is 11.3 Å². The van der Waals surface area contributed by atoms with Gasteiger partial charge in [0.15, 0.2) is 5.01 Å². The van der Waals surface area contributed by atoms with Crippen LogP contribution in [0.5, 0.6) is 0 Å². The van der Waals surface area contributed by atoms with Crippen LogP contribution in [0.15, 0.2) is 23.1 Å². The molecule has 36 heavy (non-hydrogen) atoms. The van der Waals surface area contributed by atoms with Crippen molar-refractivity contribution in [2.24, 2.45) is 5.92 Å². The maximum absolute atomic E-state index is 13.2. The summed E-state index contributed by atoms with van der Waals surface area (Å²) < 4.78 is 9.03. The quantitative estimate of drug-likeness (QED) is 0.373. The molecular weight excluding hydrogens is 486 g/mol. The third-order valence-corrected chi connectivity index (χ3v) is 9.36. The number of rotatable bonds is 7. The SMILES string of the molecule is CC(C)(C)NSc1ccc(-c2sc(C(=O)NC3CCOCC3)nc2CC2CCCC2)cc1C(C)(C)C. The van der Waals surface area contributed by atoms with Gasteiger partial charge in [0.1, 0.15) is 0 Å². The highest BCUT2D eigenvalue weighted by molar-refractivity contribution is 7.97. The van der Waals surface area contributed by atoms with Gasteiger partial charge in [-0.1, -0.05) is 52.5 Å². The van der Waals surface area contributed by atoms with Crippen molar-refractivity contribution in [1.29, 1.82) is 0 Å². The molecule has 1 aliphatic heterocycles. The minimum Gasteiger partial charge on any atom is -0.381 e. The minimum absolute atomic E-state index is 0.00251. The Morgan fingerprint density at radius 1 is 1.08 bits per heavy atom. The summed E-state index contributed by atoms with van der Waals surface area (Å²) in [7, 11) is 0. The number of carbonyl (C=O) groups excluding carboxylic acids is 1. The number of carbonyl (C=O) groups is 1. The van der Waals surface area contributed by atoms with E-state index in [1.807, 2.05) is 0 Å². The van der Waals surface area contributed by atoms with Gasteiger partial charge in [0, 0.05) is 29.7 Å². The molecule has 2 N–H and O–H groups in total. The Bertz CT molecular complexity index is 1040. The Balaban J connectivity index is 1.66. The van der Waals surface area contributed by atoms with Gasteiger partial charge in [0.2, 0.25) is 0 Å². The molecule has 0 atom stereocenters. The van der Waals surface area contributed by atoms with Gasteiger partial charge in [0.05, 0.1) is 10.6 Å². The lowest BCUT2D eigenvalue weighted by atomic mass is 9.85. The molecule has 1 aliphatic carbocycles. The van der Waals surface area contributed by atoms with E-state index in [9.17, 15) is 4.79 Å². The van der Waals surface area contributed by atoms with E-state index in [1.54, 1.807) is 23.3 Å². The van der Waals surface area contributed by atoms with Gasteiger partial charge in [-0.25, -0.2) is 4.98 Å². The molecule has 2 aliphatic rings. The van der Waals surface area contributed by atoms with Crippen molar-refractivity contribution in [3.63, 3.8) is 0 Å². The maximum atomic E-state index is 13.2. The number of hydrogen-bond acceptors (Lipinski definition) is 6. The molecule has 0 radical (unpaired) electrons. The van der Waals surface area contributed by atoms with E-state index in [4.69, 9.17) is 9.72 Å². The summed E-state index contributed by atoms with van der Waals surface area (Å²) >= 11 is 3.27. The second-order valence-electron chi connectivity index (χ2n) is 12.4. The molecule has 0 spiro atoms. The topological polar surface area (TPSA) is 63.2 Å². The standard InChI is InChI=1S/C29H43N3O2S2/c1-28(2,3)22-18-20(11-12-24(22)36-32-29(4,5)6)25-23(17-19-9-7-8-10-19)31-27(35-25)26(33)30-21-13-15-34-16-14-21/h11-12,18-19,21,32H,7-10,13-17H2,1-6H3,(H,30,33). The van der Waals surface area contributed by atoms with Gasteiger partial charge in [0.25, 0.3) is 5.91 Å². The molecule has 0 unspecified atom stereocenters. The third kappa shape index (κ3) is 7.33. The Morgan fingerprint density at radius 3 is 2.42 bits per heavy atom. The number of hydrogen-bond donors (Lipinski definition) is 2. The molecule has 1 saturated heterocycles. The van der Waals surface area contributed by atoms with E-state index in [0.717, 1.165) is 29.8 Å². The predicted octanol–water partition coefficient (Wildman–Crippen LogP) is 7.14. The first kappa shape index (κ1) is 27.6. The molecular formula is C29H43N3O2S2. The van der Waals surface area contributed by atoms with E-state index >= 15 is 0 Å². The van der Waals surface area contributed by atoms with Gasteiger partial charge in [-0.3, -0.25) is 9.52 Å². The molecule has 1 aromatic carbocycles. The lowest BCUT2D eigenvalue weighted by Crippen LogP contribution is -2.38. The van der Waals surface area contributed by atoms with Crippen LogP contribution in [-0.2, 0) is 16.6 Å². The van der Waals surface area contributed by atoms with Crippen LogP contribution in [0.4, 0.5) is 0 Å². The van der Waals surface area contributed by atoms with Gasteiger partial charge in [-0.05, 0) is 86.6 Å². The maximum Gasteiger partial charge on any atom is 0.280 e. The smallest absolute Gasteiger partial charge is 0.280 e. The number of nitrogens with one attached hydrogen (secondary N) is 2. The van der Waals surface area contributed by atoms with Crippen molar-refractivity contribution in [1.82, 2.24) is 15.0 Å². The summed E-state index contributed by atoms with van der Waals surface area (Å²) in [6, 6.07) is 6.96. The summed E-state index contributed by atoms with van der Waals surface area (Å²) in [5, 5.41) is 3.81. The molecule has 2 aromatic rings. The zero-order valence-corrected chi connectivity index (χ0v) is 24.5. The van der Waals surface area contributed by atoms with Crippen molar-refractivity contribution in [3.05, 3.63) is 34.5 Å². The molecule has 198 valence electrons. The summed E-state index contributed by atoms with van der Waals surface area (Å²) in [6.07, 6.45) is 7.85. The van der Waals surface area contributed by atoms with Crippen LogP contribution in [0.3, 0.4) is 0 Å². The number of aromatic nitrogens is 1. The number of benzene rings is 1. The first-order valence-corrected chi connectivity index (χ1v) is 15.1. The van der Waals surface area contributed by atoms with Crippen molar-refractivity contribution in [2.45, 2.75) is 108 Å². The Labute approximate surface area is 225 Å². The third-order valence-electron chi connectivity index (χ3n) is 6.92. The Hall–Kier alpha value is -1.41. The highest BCUT2D eigenvalue weighted by atomic mass is 32.2. The number of nitrogens with zero attached hydrogens (tertiary/aromatic N) is 1. The minimum atomic E-state index is -0.0385. The molecule has 1 aromatic heterocycles. The van der Waals surface area contributed by atoms with Crippen LogP contribution in [-0.4, -0.2) is 35.7 Å². The van der Waals surface area contributed by atoms with E-state index < -0.39 is 0 Å². The second-order valence-corrected chi connectivity index (χ2v) is 14.3. The summed E-state index contributed by atoms with van der Waals surface area (Å²) in [5.74, 6) is 0.633. The summed E-state index contributed by atoms with van der Waals surface area (Å²) in [6.45, 7) is 14.8. The molecule has 1 saturated carbocycles. The van der Waals surface area contributed by atoms with Crippen molar-refractivity contribution >= 4 is 29.2 Å². The monoisotopic (exact) mass is 529 g/mol. The highest BCUT2D eigenvalue weighted by Gasteiger charge is 2.26. The average molecular weight is 530 g/mol. The van der Waals surface area contributed by atoms with Gasteiger partial charge < -0.3 is 10.1 Å². The molecule has 0 bridgehead atoms. The zero-order chi connectivity index (χ0) is 25.9. The molecule has 4 rings (SSSR count). The first-order valence-electron chi connectivity index (χ1n) is 13.5. The van der Waals surface area contributed by atoms with Crippen LogP contribution in [0, 0.1) is 5.92 Å². The average Bonchev–Trinajstić information content (AvgIpc) is 3.48. The Kier molecular flexibility index (Phi) is 8.86. The summed E-state index contributed by atoms with van der Waals surface area (Å²) in [5.41, 5.74) is 3.61. The molecule has 2 heterocycles. The van der Waals surface area contributed by atoms with E-state index in [1.165, 1.54) is 41.7 Å².